The van der Waals surface area contributed by atoms with E-state index >= 15 is 0 Å². The molecule has 212 valence electrons. The predicted molar refractivity (Wildman–Crippen MR) is 159 cm³/mol. The zero-order valence-electron chi connectivity index (χ0n) is 22.9. The number of nitrogens with one attached hydrogen (secondary N) is 1. The lowest BCUT2D eigenvalue weighted by molar-refractivity contribution is -0.384. The van der Waals surface area contributed by atoms with Crippen molar-refractivity contribution in [2.24, 2.45) is 16.9 Å². The number of nitro benzene ring substituents is 1. The number of amides is 3. The molecule has 4 aliphatic rings. The maximum Gasteiger partial charge on any atom is 0.293 e. The summed E-state index contributed by atoms with van der Waals surface area (Å²) in [6, 6.07) is 30.8. The summed E-state index contributed by atoms with van der Waals surface area (Å²) in [7, 11) is 0. The first-order valence-corrected chi connectivity index (χ1v) is 14.1. The molecule has 43 heavy (non-hydrogen) atoms. The van der Waals surface area contributed by atoms with E-state index in [1.165, 1.54) is 18.2 Å². The summed E-state index contributed by atoms with van der Waals surface area (Å²) in [4.78, 5) is 53.8. The van der Waals surface area contributed by atoms with Crippen molar-refractivity contribution < 1.29 is 19.3 Å². The van der Waals surface area contributed by atoms with Crippen LogP contribution in [0.2, 0.25) is 0 Å². The minimum atomic E-state index is -1.19. The highest BCUT2D eigenvalue weighted by atomic mass is 16.6. The van der Waals surface area contributed by atoms with Gasteiger partial charge in [0.2, 0.25) is 17.7 Å². The number of carbonyl (C=O) groups excluding carboxylic acids is 3. The van der Waals surface area contributed by atoms with Crippen molar-refractivity contribution in [1.82, 2.24) is 5.43 Å². The van der Waals surface area contributed by atoms with Gasteiger partial charge in [0.05, 0.1) is 22.2 Å². The van der Waals surface area contributed by atoms with Crippen LogP contribution >= 0.6 is 0 Å². The van der Waals surface area contributed by atoms with E-state index in [1.54, 1.807) is 12.3 Å². The number of rotatable bonds is 7. The molecule has 1 N–H and O–H groups in total. The monoisotopic (exact) mass is 570 g/mol. The molecule has 1 fully saturated rings. The summed E-state index contributed by atoms with van der Waals surface area (Å²) < 4.78 is 0. The number of hydrazone groups is 1. The molecule has 1 saturated heterocycles. The SMILES string of the molecule is O=C(CCc1ccccc1)N/N=C\C12c3ccccc3C(c3ccccc31)[C@H]1C(=O)N(c3ccccc3[N+](=O)[O-])C(=O)[C@@H]12. The van der Waals surface area contributed by atoms with Gasteiger partial charge in [-0.3, -0.25) is 24.5 Å². The number of benzene rings is 4. The van der Waals surface area contributed by atoms with Gasteiger partial charge in [-0.1, -0.05) is 91.0 Å². The van der Waals surface area contributed by atoms with Crippen LogP contribution in [0.1, 0.15) is 40.2 Å². The van der Waals surface area contributed by atoms with Crippen LogP contribution in [0.25, 0.3) is 0 Å². The normalized spacial score (nSPS) is 23.2. The summed E-state index contributed by atoms with van der Waals surface area (Å²) in [5, 5.41) is 16.3. The Morgan fingerprint density at radius 3 is 2.14 bits per heavy atom. The molecule has 8 rings (SSSR count). The Balaban J connectivity index is 1.33. The highest BCUT2D eigenvalue weighted by Crippen LogP contribution is 2.63. The number of nitro groups is 1. The topological polar surface area (TPSA) is 122 Å². The molecule has 2 bridgehead atoms. The Morgan fingerprint density at radius 1 is 0.860 bits per heavy atom. The van der Waals surface area contributed by atoms with E-state index in [4.69, 9.17) is 0 Å². The average molecular weight is 571 g/mol. The molecule has 0 unspecified atom stereocenters. The van der Waals surface area contributed by atoms with Crippen molar-refractivity contribution in [2.75, 3.05) is 4.90 Å². The van der Waals surface area contributed by atoms with Crippen LogP contribution in [0.4, 0.5) is 11.4 Å². The molecule has 4 aromatic rings. The maximum absolute atomic E-state index is 14.4. The summed E-state index contributed by atoms with van der Waals surface area (Å²) in [6.45, 7) is 0. The number of anilines is 1. The van der Waals surface area contributed by atoms with E-state index in [-0.39, 0.29) is 23.7 Å². The third-order valence-corrected chi connectivity index (χ3v) is 8.94. The van der Waals surface area contributed by atoms with Gasteiger partial charge in [0.1, 0.15) is 5.69 Å². The number of hydrogen-bond donors (Lipinski definition) is 1. The van der Waals surface area contributed by atoms with Gasteiger partial charge in [-0.2, -0.15) is 5.10 Å². The minimum absolute atomic E-state index is 0.0503. The molecule has 4 aromatic carbocycles. The van der Waals surface area contributed by atoms with E-state index in [2.05, 4.69) is 10.5 Å². The summed E-state index contributed by atoms with van der Waals surface area (Å²) in [5.74, 6) is -3.44. The fraction of sp³-hybridized carbons (Fsp3) is 0.176. The lowest BCUT2D eigenvalue weighted by Crippen LogP contribution is -2.54. The number of imide groups is 1. The Morgan fingerprint density at radius 2 is 1.47 bits per heavy atom. The average Bonchev–Trinajstić information content (AvgIpc) is 3.31. The van der Waals surface area contributed by atoms with Crippen LogP contribution < -0.4 is 10.3 Å². The van der Waals surface area contributed by atoms with Gasteiger partial charge in [-0.15, -0.1) is 0 Å². The molecule has 9 nitrogen and oxygen atoms in total. The fourth-order valence-corrected chi connectivity index (χ4v) is 7.26. The highest BCUT2D eigenvalue weighted by molar-refractivity contribution is 6.25. The molecule has 0 spiro atoms. The van der Waals surface area contributed by atoms with Gasteiger partial charge in [-0.05, 0) is 40.3 Å². The van der Waals surface area contributed by atoms with E-state index in [9.17, 15) is 24.5 Å². The molecule has 0 saturated carbocycles. The van der Waals surface area contributed by atoms with E-state index in [0.717, 1.165) is 32.7 Å². The van der Waals surface area contributed by atoms with Crippen molar-refractivity contribution in [3.8, 4) is 0 Å². The largest absolute Gasteiger partial charge is 0.293 e. The van der Waals surface area contributed by atoms with Gasteiger partial charge in [0.15, 0.2) is 0 Å². The Kier molecular flexibility index (Phi) is 6.23. The van der Waals surface area contributed by atoms with E-state index in [1.807, 2.05) is 78.9 Å². The molecular weight excluding hydrogens is 544 g/mol. The molecule has 1 heterocycles. The lowest BCUT2D eigenvalue weighted by Gasteiger charge is -2.52. The zero-order chi connectivity index (χ0) is 29.7. The van der Waals surface area contributed by atoms with E-state index in [0.29, 0.717) is 6.42 Å². The summed E-state index contributed by atoms with van der Waals surface area (Å²) in [6.07, 6.45) is 2.36. The number of aryl methyl sites for hydroxylation is 1. The Labute approximate surface area is 247 Å². The minimum Gasteiger partial charge on any atom is -0.274 e. The first-order chi connectivity index (χ1) is 20.9. The first kappa shape index (κ1) is 26.5. The van der Waals surface area contributed by atoms with Gasteiger partial charge >= 0.3 is 0 Å². The Bertz CT molecular complexity index is 1790. The molecular formula is C34H26N4O5. The van der Waals surface area contributed by atoms with Crippen molar-refractivity contribution >= 4 is 35.3 Å². The molecule has 3 aliphatic carbocycles. The number of nitrogens with zero attached hydrogens (tertiary/aromatic N) is 3. The number of carbonyl (C=O) groups is 3. The lowest BCUT2D eigenvalue weighted by atomic mass is 9.47. The van der Waals surface area contributed by atoms with Crippen molar-refractivity contribution in [3.63, 3.8) is 0 Å². The molecule has 0 radical (unpaired) electrons. The smallest absolute Gasteiger partial charge is 0.274 e. The number of para-hydroxylation sites is 2. The van der Waals surface area contributed by atoms with Crippen LogP contribution in [0.3, 0.4) is 0 Å². The van der Waals surface area contributed by atoms with Gasteiger partial charge in [-0.25, -0.2) is 10.3 Å². The molecule has 3 amide bonds. The molecule has 1 aliphatic heterocycles. The zero-order valence-corrected chi connectivity index (χ0v) is 22.9. The number of hydrogen-bond acceptors (Lipinski definition) is 6. The third kappa shape index (κ3) is 3.92. The van der Waals surface area contributed by atoms with Crippen molar-refractivity contribution in [1.29, 1.82) is 0 Å². The van der Waals surface area contributed by atoms with E-state index < -0.39 is 39.9 Å². The van der Waals surface area contributed by atoms with Crippen LogP contribution in [-0.2, 0) is 26.2 Å². The molecule has 9 heteroatoms. The van der Waals surface area contributed by atoms with Gasteiger partial charge < -0.3 is 0 Å². The predicted octanol–water partition coefficient (Wildman–Crippen LogP) is 4.88. The Hall–Kier alpha value is -5.44. The third-order valence-electron chi connectivity index (χ3n) is 8.94. The highest BCUT2D eigenvalue weighted by Gasteiger charge is 2.68. The van der Waals surface area contributed by atoms with Crippen molar-refractivity contribution in [2.45, 2.75) is 24.2 Å². The molecule has 2 atom stereocenters. The second kappa shape index (κ2) is 10.1. The molecule has 0 aromatic heterocycles. The van der Waals surface area contributed by atoms with Crippen LogP contribution in [0.5, 0.6) is 0 Å². The van der Waals surface area contributed by atoms with Gasteiger partial charge in [0.25, 0.3) is 5.69 Å². The fourth-order valence-electron chi connectivity index (χ4n) is 7.26. The van der Waals surface area contributed by atoms with Gasteiger partial charge in [0, 0.05) is 24.6 Å². The van der Waals surface area contributed by atoms with Crippen LogP contribution in [0, 0.1) is 22.0 Å². The first-order valence-electron chi connectivity index (χ1n) is 14.1. The quantitative estimate of drug-likeness (QED) is 0.147. The standard InChI is InChI=1S/C34H26N4O5/c39-28(19-18-21-10-2-1-3-11-21)36-35-20-34-24-14-6-4-12-22(24)29(23-13-5-7-15-25(23)34)30-31(34)33(41)37(32(30)40)26-16-8-9-17-27(26)38(42)43/h1-17,20,29-31H,18-19H2,(H,36,39)/b35-20-/t29?,30-,31-,34?/m1/s1. The summed E-state index contributed by atoms with van der Waals surface area (Å²) >= 11 is 0. The van der Waals surface area contributed by atoms with Crippen LogP contribution in [0.15, 0.2) is 108 Å². The van der Waals surface area contributed by atoms with Crippen LogP contribution in [-0.4, -0.2) is 28.9 Å². The second-order valence-electron chi connectivity index (χ2n) is 11.1. The second-order valence-corrected chi connectivity index (χ2v) is 11.1. The summed E-state index contributed by atoms with van der Waals surface area (Å²) in [5.41, 5.74) is 5.56. The maximum atomic E-state index is 14.4. The van der Waals surface area contributed by atoms with Crippen molar-refractivity contribution in [3.05, 3.63) is 141 Å².